The van der Waals surface area contributed by atoms with E-state index in [1.807, 2.05) is 0 Å². The molecule has 0 atom stereocenters. The first-order chi connectivity index (χ1) is 12.6. The fourth-order valence-corrected chi connectivity index (χ4v) is 3.62. The summed E-state index contributed by atoms with van der Waals surface area (Å²) in [5.41, 5.74) is 0. The number of unbranched alkanes of at least 4 members (excludes halogenated alkanes) is 1. The van der Waals surface area contributed by atoms with Crippen molar-refractivity contribution in [2.75, 3.05) is 73.1 Å². The van der Waals surface area contributed by atoms with E-state index in [-0.39, 0.29) is 35.9 Å². The molecule has 2 aliphatic heterocycles. The van der Waals surface area contributed by atoms with Crippen LogP contribution in [-0.4, -0.2) is 99.7 Å². The van der Waals surface area contributed by atoms with Crippen molar-refractivity contribution in [3.8, 4) is 0 Å². The van der Waals surface area contributed by atoms with Crippen molar-refractivity contribution in [1.29, 1.82) is 0 Å². The summed E-state index contributed by atoms with van der Waals surface area (Å²) in [7, 11) is 3.67. The van der Waals surface area contributed by atoms with Crippen LogP contribution >= 0.6 is 24.0 Å². The third-order valence-corrected chi connectivity index (χ3v) is 5.40. The van der Waals surface area contributed by atoms with Gasteiger partial charge in [0, 0.05) is 52.4 Å². The van der Waals surface area contributed by atoms with E-state index in [0.29, 0.717) is 0 Å². The Balaban J connectivity index is 0.00000364. The Hall–Kier alpha value is -0.610. The summed E-state index contributed by atoms with van der Waals surface area (Å²) >= 11 is 0. The zero-order valence-corrected chi connectivity index (χ0v) is 19.6. The molecule has 7 nitrogen and oxygen atoms in total. The minimum absolute atomic E-state index is 0. The van der Waals surface area contributed by atoms with Crippen LogP contribution in [0.2, 0.25) is 0 Å². The van der Waals surface area contributed by atoms with Crippen LogP contribution in [0.1, 0.15) is 32.6 Å². The number of likely N-dealkylation sites (tertiary alicyclic amines) is 1. The van der Waals surface area contributed by atoms with Gasteiger partial charge in [-0.05, 0) is 46.2 Å². The second-order valence-electron chi connectivity index (χ2n) is 7.37. The zero-order valence-electron chi connectivity index (χ0n) is 17.3. The van der Waals surface area contributed by atoms with Crippen molar-refractivity contribution in [2.45, 2.75) is 32.6 Å². The smallest absolute Gasteiger partial charge is 0.308 e. The summed E-state index contributed by atoms with van der Waals surface area (Å²) in [6, 6.07) is 0. The minimum Gasteiger partial charge on any atom is -0.469 e. The van der Waals surface area contributed by atoms with Crippen LogP contribution < -0.4 is 5.32 Å². The molecule has 0 amide bonds. The molecule has 0 radical (unpaired) electrons. The largest absolute Gasteiger partial charge is 0.469 e. The average molecular weight is 495 g/mol. The molecular weight excluding hydrogens is 457 g/mol. The number of carbonyl (C=O) groups is 1. The van der Waals surface area contributed by atoms with E-state index in [1.54, 1.807) is 0 Å². The summed E-state index contributed by atoms with van der Waals surface area (Å²) in [4.78, 5) is 23.7. The van der Waals surface area contributed by atoms with Gasteiger partial charge in [0.15, 0.2) is 5.96 Å². The second kappa shape index (κ2) is 13.5. The van der Waals surface area contributed by atoms with E-state index in [0.717, 1.165) is 51.4 Å². The highest BCUT2D eigenvalue weighted by Gasteiger charge is 2.26. The Morgan fingerprint density at radius 2 is 1.78 bits per heavy atom. The number of methoxy groups -OCH3 is 1. The number of piperidine rings is 1. The standard InChI is InChI=1S/C19H37N5O2.HI/c1-4-20-19(24-11-7-17(8-12-24)18(25)26-3)21-9-5-6-10-23-15-13-22(2)14-16-23;/h17H,4-16H2,1-3H3,(H,20,21);1H. The predicted octanol–water partition coefficient (Wildman–Crippen LogP) is 1.48. The molecule has 0 spiro atoms. The maximum Gasteiger partial charge on any atom is 0.308 e. The van der Waals surface area contributed by atoms with Crippen LogP contribution in [0.5, 0.6) is 0 Å². The topological polar surface area (TPSA) is 60.4 Å². The van der Waals surface area contributed by atoms with Gasteiger partial charge in [-0.25, -0.2) is 0 Å². The van der Waals surface area contributed by atoms with Gasteiger partial charge in [-0.3, -0.25) is 9.79 Å². The molecular formula is C19H38IN5O2. The van der Waals surface area contributed by atoms with Gasteiger partial charge in [-0.2, -0.15) is 0 Å². The Labute approximate surface area is 181 Å². The fraction of sp³-hybridized carbons (Fsp3) is 0.895. The lowest BCUT2D eigenvalue weighted by atomic mass is 9.97. The maximum absolute atomic E-state index is 11.7. The zero-order chi connectivity index (χ0) is 18.8. The van der Waals surface area contributed by atoms with E-state index in [4.69, 9.17) is 9.73 Å². The quantitative estimate of drug-likeness (QED) is 0.190. The number of guanidine groups is 1. The number of nitrogens with one attached hydrogen (secondary N) is 1. The van der Waals surface area contributed by atoms with Crippen molar-refractivity contribution in [2.24, 2.45) is 10.9 Å². The summed E-state index contributed by atoms with van der Waals surface area (Å²) in [6.07, 6.45) is 4.03. The van der Waals surface area contributed by atoms with Gasteiger partial charge in [0.25, 0.3) is 0 Å². The van der Waals surface area contributed by atoms with Crippen LogP contribution in [0.3, 0.4) is 0 Å². The summed E-state index contributed by atoms with van der Waals surface area (Å²) < 4.78 is 4.87. The molecule has 0 saturated carbocycles. The van der Waals surface area contributed by atoms with Crippen molar-refractivity contribution in [1.82, 2.24) is 20.0 Å². The number of hydrogen-bond acceptors (Lipinski definition) is 5. The van der Waals surface area contributed by atoms with Crippen molar-refractivity contribution in [3.05, 3.63) is 0 Å². The molecule has 0 aromatic carbocycles. The number of halogens is 1. The molecule has 0 aromatic rings. The Kier molecular flexibility index (Phi) is 12.3. The van der Waals surface area contributed by atoms with E-state index in [1.165, 1.54) is 46.3 Å². The monoisotopic (exact) mass is 495 g/mol. The number of rotatable bonds is 7. The molecule has 2 rings (SSSR count). The molecule has 0 aromatic heterocycles. The van der Waals surface area contributed by atoms with Gasteiger partial charge < -0.3 is 24.8 Å². The first-order valence-electron chi connectivity index (χ1n) is 10.2. The molecule has 158 valence electrons. The minimum atomic E-state index is -0.0736. The number of hydrogen-bond donors (Lipinski definition) is 1. The first kappa shape index (κ1) is 24.4. The van der Waals surface area contributed by atoms with E-state index >= 15 is 0 Å². The van der Waals surface area contributed by atoms with Crippen LogP contribution in [0.4, 0.5) is 0 Å². The molecule has 0 unspecified atom stereocenters. The molecule has 2 saturated heterocycles. The number of carbonyl (C=O) groups excluding carboxylic acids is 1. The Bertz CT molecular complexity index is 447. The fourth-order valence-electron chi connectivity index (χ4n) is 3.62. The summed E-state index contributed by atoms with van der Waals surface area (Å²) in [5, 5.41) is 3.40. The van der Waals surface area contributed by atoms with Gasteiger partial charge in [-0.15, -0.1) is 24.0 Å². The van der Waals surface area contributed by atoms with Crippen molar-refractivity contribution >= 4 is 35.9 Å². The van der Waals surface area contributed by atoms with Crippen LogP contribution in [0.25, 0.3) is 0 Å². The van der Waals surface area contributed by atoms with E-state index in [9.17, 15) is 4.79 Å². The lowest BCUT2D eigenvalue weighted by Crippen LogP contribution is -2.46. The average Bonchev–Trinajstić information content (AvgIpc) is 2.68. The number of nitrogens with zero attached hydrogens (tertiary/aromatic N) is 4. The van der Waals surface area contributed by atoms with Crippen molar-refractivity contribution < 1.29 is 9.53 Å². The van der Waals surface area contributed by atoms with Crippen LogP contribution in [-0.2, 0) is 9.53 Å². The van der Waals surface area contributed by atoms with Crippen LogP contribution in [0.15, 0.2) is 4.99 Å². The third kappa shape index (κ3) is 8.51. The normalized spacial score (nSPS) is 20.3. The van der Waals surface area contributed by atoms with Gasteiger partial charge in [0.1, 0.15) is 0 Å². The summed E-state index contributed by atoms with van der Waals surface area (Å²) in [6.45, 7) is 11.5. The highest BCUT2D eigenvalue weighted by molar-refractivity contribution is 14.0. The Morgan fingerprint density at radius 1 is 1.11 bits per heavy atom. The van der Waals surface area contributed by atoms with Gasteiger partial charge in [0.2, 0.25) is 0 Å². The van der Waals surface area contributed by atoms with Gasteiger partial charge >= 0.3 is 5.97 Å². The molecule has 0 aliphatic carbocycles. The number of piperazine rings is 1. The van der Waals surface area contributed by atoms with Crippen molar-refractivity contribution in [3.63, 3.8) is 0 Å². The maximum atomic E-state index is 11.7. The van der Waals surface area contributed by atoms with E-state index in [2.05, 4.69) is 34.0 Å². The molecule has 0 bridgehead atoms. The van der Waals surface area contributed by atoms with Gasteiger partial charge in [-0.1, -0.05) is 0 Å². The predicted molar refractivity (Wildman–Crippen MR) is 121 cm³/mol. The van der Waals surface area contributed by atoms with Gasteiger partial charge in [0.05, 0.1) is 13.0 Å². The lowest BCUT2D eigenvalue weighted by Gasteiger charge is -2.33. The molecule has 2 aliphatic rings. The molecule has 27 heavy (non-hydrogen) atoms. The highest BCUT2D eigenvalue weighted by Crippen LogP contribution is 2.18. The van der Waals surface area contributed by atoms with E-state index < -0.39 is 0 Å². The molecule has 2 fully saturated rings. The molecule has 1 N–H and O–H groups in total. The number of esters is 1. The third-order valence-electron chi connectivity index (χ3n) is 5.40. The molecule has 8 heteroatoms. The number of ether oxygens (including phenoxy) is 1. The van der Waals surface area contributed by atoms with Crippen LogP contribution in [0, 0.1) is 5.92 Å². The number of aliphatic imine (C=N–C) groups is 1. The number of likely N-dealkylation sites (N-methyl/N-ethyl adjacent to an activating group) is 1. The lowest BCUT2D eigenvalue weighted by molar-refractivity contribution is -0.146. The highest BCUT2D eigenvalue weighted by atomic mass is 127. The summed E-state index contributed by atoms with van der Waals surface area (Å²) in [5.74, 6) is 0.966. The molecule has 2 heterocycles. The SMILES string of the molecule is CCNC(=NCCCCN1CCN(C)CC1)N1CCC(C(=O)OC)CC1.I. The first-order valence-corrected chi connectivity index (χ1v) is 10.2. The second-order valence-corrected chi connectivity index (χ2v) is 7.37. The Morgan fingerprint density at radius 3 is 2.37 bits per heavy atom.